The monoisotopic (exact) mass is 279 g/mol. The standard InChI is InChI=1S/C16H26FN3/c1-13(2)7-18-8-14-4-3-5-20(11-14)12-15-6-16(17)10-19-9-15/h6,9-10,13-14,18H,3-5,7-8,11-12H2,1-2H3. The molecule has 112 valence electrons. The topological polar surface area (TPSA) is 28.2 Å². The second-order valence-corrected chi connectivity index (χ2v) is 6.31. The zero-order chi connectivity index (χ0) is 14.4. The third-order valence-corrected chi connectivity index (χ3v) is 3.76. The van der Waals surface area contributed by atoms with E-state index >= 15 is 0 Å². The van der Waals surface area contributed by atoms with Gasteiger partial charge in [0.25, 0.3) is 0 Å². The molecular weight excluding hydrogens is 253 g/mol. The van der Waals surface area contributed by atoms with Crippen LogP contribution in [0.1, 0.15) is 32.3 Å². The number of likely N-dealkylation sites (tertiary alicyclic amines) is 1. The van der Waals surface area contributed by atoms with Gasteiger partial charge in [-0.2, -0.15) is 0 Å². The third kappa shape index (κ3) is 5.17. The summed E-state index contributed by atoms with van der Waals surface area (Å²) in [6.07, 6.45) is 5.56. The van der Waals surface area contributed by atoms with Crippen molar-refractivity contribution in [2.75, 3.05) is 26.2 Å². The lowest BCUT2D eigenvalue weighted by Crippen LogP contribution is -2.39. The summed E-state index contributed by atoms with van der Waals surface area (Å²) in [5, 5.41) is 3.55. The lowest BCUT2D eigenvalue weighted by Gasteiger charge is -2.33. The number of aromatic nitrogens is 1. The van der Waals surface area contributed by atoms with Crippen LogP contribution in [0.5, 0.6) is 0 Å². The van der Waals surface area contributed by atoms with E-state index in [0.717, 1.165) is 38.3 Å². The highest BCUT2D eigenvalue weighted by molar-refractivity contribution is 5.10. The Balaban J connectivity index is 1.78. The summed E-state index contributed by atoms with van der Waals surface area (Å²) in [6, 6.07) is 1.59. The number of nitrogens with zero attached hydrogens (tertiary/aromatic N) is 2. The maximum absolute atomic E-state index is 13.1. The van der Waals surface area contributed by atoms with Crippen molar-refractivity contribution in [3.05, 3.63) is 29.8 Å². The summed E-state index contributed by atoms with van der Waals surface area (Å²) in [4.78, 5) is 6.34. The molecule has 1 atom stereocenters. The van der Waals surface area contributed by atoms with Crippen molar-refractivity contribution in [2.24, 2.45) is 11.8 Å². The first-order valence-corrected chi connectivity index (χ1v) is 7.66. The van der Waals surface area contributed by atoms with E-state index in [1.807, 2.05) is 0 Å². The molecule has 1 aromatic heterocycles. The molecule has 0 aliphatic carbocycles. The number of pyridine rings is 1. The Morgan fingerprint density at radius 2 is 2.30 bits per heavy atom. The first kappa shape index (κ1) is 15.4. The van der Waals surface area contributed by atoms with Crippen LogP contribution < -0.4 is 5.32 Å². The molecule has 0 amide bonds. The highest BCUT2D eigenvalue weighted by Crippen LogP contribution is 2.18. The van der Waals surface area contributed by atoms with Gasteiger partial charge < -0.3 is 5.32 Å². The highest BCUT2D eigenvalue weighted by atomic mass is 19.1. The van der Waals surface area contributed by atoms with Gasteiger partial charge in [-0.05, 0) is 55.9 Å². The van der Waals surface area contributed by atoms with Crippen molar-refractivity contribution in [3.8, 4) is 0 Å². The van der Waals surface area contributed by atoms with E-state index in [4.69, 9.17) is 0 Å². The molecule has 0 radical (unpaired) electrons. The molecule has 4 heteroatoms. The smallest absolute Gasteiger partial charge is 0.141 e. The minimum absolute atomic E-state index is 0.241. The fourth-order valence-electron chi connectivity index (χ4n) is 2.84. The Morgan fingerprint density at radius 3 is 3.05 bits per heavy atom. The predicted octanol–water partition coefficient (Wildman–Crippen LogP) is 2.68. The van der Waals surface area contributed by atoms with Gasteiger partial charge in [-0.1, -0.05) is 13.8 Å². The Labute approximate surface area is 121 Å². The summed E-state index contributed by atoms with van der Waals surface area (Å²) in [7, 11) is 0. The minimum Gasteiger partial charge on any atom is -0.316 e. The predicted molar refractivity (Wildman–Crippen MR) is 79.9 cm³/mol. The zero-order valence-corrected chi connectivity index (χ0v) is 12.6. The van der Waals surface area contributed by atoms with E-state index < -0.39 is 0 Å². The fourth-order valence-corrected chi connectivity index (χ4v) is 2.84. The van der Waals surface area contributed by atoms with Crippen molar-refractivity contribution in [1.82, 2.24) is 15.2 Å². The second kappa shape index (κ2) is 7.70. The summed E-state index contributed by atoms with van der Waals surface area (Å²) >= 11 is 0. The van der Waals surface area contributed by atoms with Gasteiger partial charge in [-0.3, -0.25) is 9.88 Å². The molecule has 1 N–H and O–H groups in total. The number of piperidine rings is 1. The highest BCUT2D eigenvalue weighted by Gasteiger charge is 2.19. The number of nitrogens with one attached hydrogen (secondary N) is 1. The molecule has 1 unspecified atom stereocenters. The fraction of sp³-hybridized carbons (Fsp3) is 0.688. The minimum atomic E-state index is -0.241. The van der Waals surface area contributed by atoms with E-state index in [1.165, 1.54) is 19.0 Å². The SMILES string of the molecule is CC(C)CNCC1CCCN(Cc2cncc(F)c2)C1. The van der Waals surface area contributed by atoms with Gasteiger partial charge in [0, 0.05) is 19.3 Å². The largest absolute Gasteiger partial charge is 0.316 e. The maximum Gasteiger partial charge on any atom is 0.141 e. The number of hydrogen-bond donors (Lipinski definition) is 1. The van der Waals surface area contributed by atoms with Crippen LogP contribution in [0.15, 0.2) is 18.5 Å². The normalized spacial score (nSPS) is 20.5. The molecule has 1 saturated heterocycles. The van der Waals surface area contributed by atoms with E-state index in [2.05, 4.69) is 29.0 Å². The maximum atomic E-state index is 13.1. The Kier molecular flexibility index (Phi) is 5.92. The molecular formula is C16H26FN3. The van der Waals surface area contributed by atoms with Crippen molar-refractivity contribution in [1.29, 1.82) is 0 Å². The first-order chi connectivity index (χ1) is 9.63. The Morgan fingerprint density at radius 1 is 1.45 bits per heavy atom. The molecule has 3 nitrogen and oxygen atoms in total. The van der Waals surface area contributed by atoms with Crippen LogP contribution in [0.2, 0.25) is 0 Å². The number of hydrogen-bond acceptors (Lipinski definition) is 3. The van der Waals surface area contributed by atoms with Crippen LogP contribution in [-0.4, -0.2) is 36.1 Å². The van der Waals surface area contributed by atoms with Crippen LogP contribution in [0, 0.1) is 17.7 Å². The molecule has 0 bridgehead atoms. The lowest BCUT2D eigenvalue weighted by molar-refractivity contribution is 0.164. The summed E-state index contributed by atoms with van der Waals surface area (Å²) < 4.78 is 13.1. The Bertz CT molecular complexity index is 408. The van der Waals surface area contributed by atoms with Crippen LogP contribution in [-0.2, 0) is 6.54 Å². The van der Waals surface area contributed by atoms with Gasteiger partial charge in [-0.15, -0.1) is 0 Å². The molecule has 0 spiro atoms. The quantitative estimate of drug-likeness (QED) is 0.868. The van der Waals surface area contributed by atoms with Gasteiger partial charge in [0.05, 0.1) is 6.20 Å². The van der Waals surface area contributed by atoms with Crippen molar-refractivity contribution in [2.45, 2.75) is 33.2 Å². The third-order valence-electron chi connectivity index (χ3n) is 3.76. The average molecular weight is 279 g/mol. The van der Waals surface area contributed by atoms with Crippen LogP contribution in [0.25, 0.3) is 0 Å². The average Bonchev–Trinajstić information content (AvgIpc) is 2.39. The van der Waals surface area contributed by atoms with Gasteiger partial charge in [0.2, 0.25) is 0 Å². The summed E-state index contributed by atoms with van der Waals surface area (Å²) in [5.74, 6) is 1.17. The van der Waals surface area contributed by atoms with E-state index in [-0.39, 0.29) is 5.82 Å². The molecule has 0 saturated carbocycles. The van der Waals surface area contributed by atoms with E-state index in [0.29, 0.717) is 11.8 Å². The van der Waals surface area contributed by atoms with Crippen LogP contribution in [0.4, 0.5) is 4.39 Å². The molecule has 1 fully saturated rings. The van der Waals surface area contributed by atoms with Crippen molar-refractivity contribution < 1.29 is 4.39 Å². The summed E-state index contributed by atoms with van der Waals surface area (Å²) in [6.45, 7) is 9.67. The number of rotatable bonds is 6. The molecule has 1 aliphatic heterocycles. The molecule has 20 heavy (non-hydrogen) atoms. The molecule has 1 aromatic rings. The van der Waals surface area contributed by atoms with E-state index in [9.17, 15) is 4.39 Å². The Hall–Kier alpha value is -1.00. The second-order valence-electron chi connectivity index (χ2n) is 6.31. The summed E-state index contributed by atoms with van der Waals surface area (Å²) in [5.41, 5.74) is 0.973. The molecule has 1 aliphatic rings. The van der Waals surface area contributed by atoms with Gasteiger partial charge in [0.15, 0.2) is 0 Å². The molecule has 0 aromatic carbocycles. The number of halogens is 1. The van der Waals surface area contributed by atoms with Crippen molar-refractivity contribution >= 4 is 0 Å². The van der Waals surface area contributed by atoms with Gasteiger partial charge >= 0.3 is 0 Å². The van der Waals surface area contributed by atoms with Crippen LogP contribution >= 0.6 is 0 Å². The van der Waals surface area contributed by atoms with Gasteiger partial charge in [0.1, 0.15) is 5.82 Å². The van der Waals surface area contributed by atoms with Crippen molar-refractivity contribution in [3.63, 3.8) is 0 Å². The lowest BCUT2D eigenvalue weighted by atomic mass is 9.97. The van der Waals surface area contributed by atoms with Gasteiger partial charge in [-0.25, -0.2) is 4.39 Å². The molecule has 2 heterocycles. The zero-order valence-electron chi connectivity index (χ0n) is 12.6. The van der Waals surface area contributed by atoms with E-state index in [1.54, 1.807) is 12.3 Å². The molecule has 2 rings (SSSR count). The first-order valence-electron chi connectivity index (χ1n) is 7.66. The van der Waals surface area contributed by atoms with Crippen LogP contribution in [0.3, 0.4) is 0 Å².